The van der Waals surface area contributed by atoms with Crippen LogP contribution in [0.5, 0.6) is 0 Å². The minimum atomic E-state index is -0.312. The molecule has 0 spiro atoms. The summed E-state index contributed by atoms with van der Waals surface area (Å²) < 4.78 is 0.561. The van der Waals surface area contributed by atoms with Gasteiger partial charge in [0.25, 0.3) is 5.69 Å². The van der Waals surface area contributed by atoms with E-state index in [0.29, 0.717) is 10.5 Å². The minimum absolute atomic E-state index is 0.171. The van der Waals surface area contributed by atoms with Crippen molar-refractivity contribution in [3.8, 4) is 0 Å². The molecule has 3 rings (SSSR count). The molecule has 0 amide bonds. The molecule has 0 bridgehead atoms. The Morgan fingerprint density at radius 2 is 2.00 bits per heavy atom. The van der Waals surface area contributed by atoms with E-state index in [1.54, 1.807) is 12.1 Å². The van der Waals surface area contributed by atoms with Crippen LogP contribution in [0.25, 0.3) is 0 Å². The molecular formula is C16H21BrN2O2. The van der Waals surface area contributed by atoms with Crippen LogP contribution in [0.2, 0.25) is 0 Å². The third kappa shape index (κ3) is 3.29. The van der Waals surface area contributed by atoms with Crippen LogP contribution in [-0.2, 0) is 6.54 Å². The average molecular weight is 353 g/mol. The summed E-state index contributed by atoms with van der Waals surface area (Å²) in [5.74, 6) is 0.845. The van der Waals surface area contributed by atoms with Gasteiger partial charge < -0.3 is 0 Å². The molecule has 2 fully saturated rings. The van der Waals surface area contributed by atoms with Gasteiger partial charge in [-0.2, -0.15) is 0 Å². The largest absolute Gasteiger partial charge is 0.296 e. The molecule has 1 saturated carbocycles. The number of halogens is 1. The number of nitro benzene ring substituents is 1. The van der Waals surface area contributed by atoms with E-state index in [-0.39, 0.29) is 10.6 Å². The number of nitrogens with zero attached hydrogens (tertiary/aromatic N) is 2. The zero-order valence-corrected chi connectivity index (χ0v) is 13.7. The molecule has 0 N–H and O–H groups in total. The molecule has 2 aliphatic rings. The first kappa shape index (κ1) is 15.0. The van der Waals surface area contributed by atoms with Crippen LogP contribution in [0.15, 0.2) is 22.7 Å². The first-order chi connectivity index (χ1) is 10.1. The molecule has 2 atom stereocenters. The number of fused-ring (bicyclic) bond motifs is 1. The highest BCUT2D eigenvalue weighted by molar-refractivity contribution is 9.10. The van der Waals surface area contributed by atoms with Crippen molar-refractivity contribution in [3.63, 3.8) is 0 Å². The van der Waals surface area contributed by atoms with Crippen LogP contribution in [0.1, 0.15) is 44.1 Å². The van der Waals surface area contributed by atoms with Gasteiger partial charge in [-0.25, -0.2) is 0 Å². The van der Waals surface area contributed by atoms with Gasteiger partial charge in [0, 0.05) is 18.7 Å². The highest BCUT2D eigenvalue weighted by Crippen LogP contribution is 2.36. The summed E-state index contributed by atoms with van der Waals surface area (Å²) >= 11 is 3.26. The maximum atomic E-state index is 11.1. The lowest BCUT2D eigenvalue weighted by molar-refractivity contribution is -0.385. The molecular weight excluding hydrogens is 332 g/mol. The Kier molecular flexibility index (Phi) is 4.60. The Hall–Kier alpha value is -0.940. The summed E-state index contributed by atoms with van der Waals surface area (Å²) in [5.41, 5.74) is 1.22. The SMILES string of the molecule is O=[N+]([O-])c1cc(CN2CCCC3CCCCC32)ccc1Br. The molecule has 2 unspecified atom stereocenters. The number of benzene rings is 1. The van der Waals surface area contributed by atoms with E-state index in [1.165, 1.54) is 38.5 Å². The molecule has 0 radical (unpaired) electrons. The average Bonchev–Trinajstić information content (AvgIpc) is 2.49. The first-order valence-electron chi connectivity index (χ1n) is 7.82. The summed E-state index contributed by atoms with van der Waals surface area (Å²) in [6, 6.07) is 6.21. The van der Waals surface area contributed by atoms with E-state index >= 15 is 0 Å². The summed E-state index contributed by atoms with van der Waals surface area (Å²) in [6.45, 7) is 1.97. The van der Waals surface area contributed by atoms with Crippen molar-refractivity contribution in [3.05, 3.63) is 38.3 Å². The lowest BCUT2D eigenvalue weighted by Crippen LogP contribution is -2.46. The third-order valence-corrected chi connectivity index (χ3v) is 5.62. The van der Waals surface area contributed by atoms with Crippen LogP contribution >= 0.6 is 15.9 Å². The van der Waals surface area contributed by atoms with Crippen LogP contribution in [0.4, 0.5) is 5.69 Å². The number of hydrogen-bond acceptors (Lipinski definition) is 3. The van der Waals surface area contributed by atoms with Gasteiger partial charge in [-0.15, -0.1) is 0 Å². The lowest BCUT2D eigenvalue weighted by atomic mass is 9.78. The van der Waals surface area contributed by atoms with Crippen molar-refractivity contribution in [2.75, 3.05) is 6.54 Å². The predicted octanol–water partition coefficient (Wildman–Crippen LogP) is 4.51. The standard InChI is InChI=1S/C16H21BrN2O2/c17-14-8-7-12(10-16(14)19(20)21)11-18-9-3-5-13-4-1-2-6-15(13)18/h7-8,10,13,15H,1-6,9,11H2. The maximum absolute atomic E-state index is 11.1. The summed E-state index contributed by atoms with van der Waals surface area (Å²) in [6.07, 6.45) is 7.99. The van der Waals surface area contributed by atoms with Gasteiger partial charge in [0.1, 0.15) is 0 Å². The second-order valence-electron chi connectivity index (χ2n) is 6.27. The molecule has 1 aromatic rings. The van der Waals surface area contributed by atoms with Gasteiger partial charge >= 0.3 is 0 Å². The Morgan fingerprint density at radius 3 is 2.81 bits per heavy atom. The van der Waals surface area contributed by atoms with E-state index in [1.807, 2.05) is 6.07 Å². The van der Waals surface area contributed by atoms with Crippen LogP contribution in [0, 0.1) is 16.0 Å². The van der Waals surface area contributed by atoms with Crippen LogP contribution < -0.4 is 0 Å². The highest BCUT2D eigenvalue weighted by Gasteiger charge is 2.33. The van der Waals surface area contributed by atoms with E-state index in [0.717, 1.165) is 24.6 Å². The van der Waals surface area contributed by atoms with Gasteiger partial charge in [0.05, 0.1) is 9.40 Å². The number of hydrogen-bond donors (Lipinski definition) is 0. The zero-order valence-electron chi connectivity index (χ0n) is 12.1. The normalized spacial score (nSPS) is 26.3. The topological polar surface area (TPSA) is 46.4 Å². The number of piperidine rings is 1. The Labute approximate surface area is 133 Å². The van der Waals surface area contributed by atoms with Crippen LogP contribution in [0.3, 0.4) is 0 Å². The van der Waals surface area contributed by atoms with Crippen molar-refractivity contribution in [2.45, 2.75) is 51.1 Å². The van der Waals surface area contributed by atoms with Gasteiger partial charge in [0.15, 0.2) is 0 Å². The highest BCUT2D eigenvalue weighted by atomic mass is 79.9. The van der Waals surface area contributed by atoms with Gasteiger partial charge in [-0.1, -0.05) is 18.9 Å². The van der Waals surface area contributed by atoms with Gasteiger partial charge in [0.2, 0.25) is 0 Å². The van der Waals surface area contributed by atoms with Gasteiger partial charge in [-0.3, -0.25) is 15.0 Å². The zero-order chi connectivity index (χ0) is 14.8. The minimum Gasteiger partial charge on any atom is -0.296 e. The molecule has 0 aromatic heterocycles. The molecule has 5 heteroatoms. The van der Waals surface area contributed by atoms with E-state index in [4.69, 9.17) is 0 Å². The van der Waals surface area contributed by atoms with Crippen molar-refractivity contribution in [1.82, 2.24) is 4.90 Å². The fourth-order valence-corrected chi connectivity index (χ4v) is 4.35. The van der Waals surface area contributed by atoms with E-state index in [2.05, 4.69) is 20.8 Å². The second-order valence-corrected chi connectivity index (χ2v) is 7.12. The second kappa shape index (κ2) is 6.44. The molecule has 1 heterocycles. The lowest BCUT2D eigenvalue weighted by Gasteiger charge is -2.44. The van der Waals surface area contributed by atoms with Crippen LogP contribution in [-0.4, -0.2) is 22.4 Å². The van der Waals surface area contributed by atoms with Crippen molar-refractivity contribution in [2.24, 2.45) is 5.92 Å². The molecule has 21 heavy (non-hydrogen) atoms. The molecule has 1 aliphatic heterocycles. The fraction of sp³-hybridized carbons (Fsp3) is 0.625. The number of likely N-dealkylation sites (tertiary alicyclic amines) is 1. The van der Waals surface area contributed by atoms with E-state index in [9.17, 15) is 10.1 Å². The summed E-state index contributed by atoms with van der Waals surface area (Å²) in [4.78, 5) is 13.3. The summed E-state index contributed by atoms with van der Waals surface area (Å²) in [5, 5.41) is 11.1. The summed E-state index contributed by atoms with van der Waals surface area (Å²) in [7, 11) is 0. The molecule has 4 nitrogen and oxygen atoms in total. The first-order valence-corrected chi connectivity index (χ1v) is 8.61. The van der Waals surface area contributed by atoms with Gasteiger partial charge in [-0.05, 0) is 65.7 Å². The quantitative estimate of drug-likeness (QED) is 0.593. The van der Waals surface area contributed by atoms with Crippen molar-refractivity contribution >= 4 is 21.6 Å². The predicted molar refractivity (Wildman–Crippen MR) is 86.2 cm³/mol. The fourth-order valence-electron chi connectivity index (χ4n) is 3.96. The molecule has 1 aliphatic carbocycles. The molecule has 1 aromatic carbocycles. The Morgan fingerprint density at radius 1 is 1.24 bits per heavy atom. The monoisotopic (exact) mass is 352 g/mol. The third-order valence-electron chi connectivity index (χ3n) is 4.95. The smallest absolute Gasteiger partial charge is 0.283 e. The van der Waals surface area contributed by atoms with Crippen molar-refractivity contribution < 1.29 is 4.92 Å². The maximum Gasteiger partial charge on any atom is 0.283 e. The Bertz CT molecular complexity index is 533. The van der Waals surface area contributed by atoms with E-state index < -0.39 is 0 Å². The molecule has 1 saturated heterocycles. The Balaban J connectivity index is 1.76. The number of rotatable bonds is 3. The number of nitro groups is 1. The van der Waals surface area contributed by atoms with Crippen molar-refractivity contribution in [1.29, 1.82) is 0 Å². The molecule has 114 valence electrons.